The predicted octanol–water partition coefficient (Wildman–Crippen LogP) is 1.79. The van der Waals surface area contributed by atoms with E-state index in [1.54, 1.807) is 0 Å². The van der Waals surface area contributed by atoms with Gasteiger partial charge < -0.3 is 10.1 Å². The monoisotopic (exact) mass is 238 g/mol. The Labute approximate surface area is 105 Å². The minimum atomic E-state index is -0.0259. The maximum Gasteiger partial charge on any atom is 0.0757 e. The zero-order valence-electron chi connectivity index (χ0n) is 11.5. The first-order valence-electron chi connectivity index (χ1n) is 6.75. The summed E-state index contributed by atoms with van der Waals surface area (Å²) in [6.45, 7) is 14.6. The minimum absolute atomic E-state index is 0.0259. The molecule has 0 aromatic carbocycles. The van der Waals surface area contributed by atoms with Crippen LogP contribution in [0.4, 0.5) is 0 Å². The maximum absolute atomic E-state index is 5.91. The van der Waals surface area contributed by atoms with Gasteiger partial charge in [0.2, 0.25) is 0 Å². The average molecular weight is 238 g/mol. The molecule has 1 atom stereocenters. The third-order valence-corrected chi connectivity index (χ3v) is 3.31. The van der Waals surface area contributed by atoms with Crippen molar-refractivity contribution in [1.29, 1.82) is 0 Å². The number of ether oxygens (including phenoxy) is 1. The van der Waals surface area contributed by atoms with Gasteiger partial charge in [-0.3, -0.25) is 4.90 Å². The molecule has 0 bridgehead atoms. The molecule has 1 heterocycles. The number of nitrogens with one attached hydrogen (secondary N) is 1. The Morgan fingerprint density at radius 1 is 1.47 bits per heavy atom. The number of rotatable bonds is 5. The van der Waals surface area contributed by atoms with Gasteiger partial charge in [0.15, 0.2) is 0 Å². The molecule has 0 aromatic heterocycles. The van der Waals surface area contributed by atoms with E-state index < -0.39 is 0 Å². The third kappa shape index (κ3) is 4.41. The standard InChI is InChI=1S/C14H26N2O/c1-11(7-15-13-5-6-13)8-16-9-12(2)17-14(3,4)10-16/h12-13,15H,1,5-10H2,2-4H3. The van der Waals surface area contributed by atoms with E-state index in [4.69, 9.17) is 4.74 Å². The van der Waals surface area contributed by atoms with E-state index in [0.717, 1.165) is 32.2 Å². The molecule has 98 valence electrons. The molecule has 1 unspecified atom stereocenters. The lowest BCUT2D eigenvalue weighted by atomic mass is 10.0. The fourth-order valence-electron chi connectivity index (χ4n) is 2.65. The Hall–Kier alpha value is -0.380. The zero-order valence-corrected chi connectivity index (χ0v) is 11.5. The van der Waals surface area contributed by atoms with E-state index in [1.165, 1.54) is 18.4 Å². The summed E-state index contributed by atoms with van der Waals surface area (Å²) >= 11 is 0. The van der Waals surface area contributed by atoms with Crippen LogP contribution in [0.25, 0.3) is 0 Å². The lowest BCUT2D eigenvalue weighted by Crippen LogP contribution is -2.52. The molecule has 1 saturated heterocycles. The molecule has 0 radical (unpaired) electrons. The number of hydrogen-bond donors (Lipinski definition) is 1. The second-order valence-electron chi connectivity index (χ2n) is 6.26. The van der Waals surface area contributed by atoms with Crippen LogP contribution >= 0.6 is 0 Å². The van der Waals surface area contributed by atoms with Crippen LogP contribution in [-0.2, 0) is 4.74 Å². The first-order valence-corrected chi connectivity index (χ1v) is 6.75. The van der Waals surface area contributed by atoms with Crippen molar-refractivity contribution in [2.24, 2.45) is 0 Å². The van der Waals surface area contributed by atoms with Crippen LogP contribution in [0.5, 0.6) is 0 Å². The van der Waals surface area contributed by atoms with Crippen LogP contribution in [-0.4, -0.2) is 48.8 Å². The largest absolute Gasteiger partial charge is 0.370 e. The summed E-state index contributed by atoms with van der Waals surface area (Å²) in [5.74, 6) is 0. The van der Waals surface area contributed by atoms with Crippen LogP contribution < -0.4 is 5.32 Å². The van der Waals surface area contributed by atoms with Crippen LogP contribution in [0.2, 0.25) is 0 Å². The summed E-state index contributed by atoms with van der Waals surface area (Å²) in [5.41, 5.74) is 1.27. The Kier molecular flexibility index (Phi) is 3.91. The molecular formula is C14H26N2O. The van der Waals surface area contributed by atoms with Crippen molar-refractivity contribution in [2.75, 3.05) is 26.2 Å². The number of hydrogen-bond acceptors (Lipinski definition) is 3. The topological polar surface area (TPSA) is 24.5 Å². The molecule has 1 N–H and O–H groups in total. The Morgan fingerprint density at radius 2 is 2.18 bits per heavy atom. The van der Waals surface area contributed by atoms with E-state index in [9.17, 15) is 0 Å². The number of nitrogens with zero attached hydrogens (tertiary/aromatic N) is 1. The van der Waals surface area contributed by atoms with Gasteiger partial charge in [0, 0.05) is 32.2 Å². The van der Waals surface area contributed by atoms with Gasteiger partial charge in [-0.15, -0.1) is 0 Å². The van der Waals surface area contributed by atoms with Gasteiger partial charge in [0.05, 0.1) is 11.7 Å². The molecule has 0 aromatic rings. The lowest BCUT2D eigenvalue weighted by Gasteiger charge is -2.42. The molecule has 17 heavy (non-hydrogen) atoms. The first-order chi connectivity index (χ1) is 7.94. The van der Waals surface area contributed by atoms with E-state index in [0.29, 0.717) is 6.10 Å². The molecular weight excluding hydrogens is 212 g/mol. The summed E-state index contributed by atoms with van der Waals surface area (Å²) in [4.78, 5) is 2.46. The third-order valence-electron chi connectivity index (χ3n) is 3.31. The van der Waals surface area contributed by atoms with Crippen LogP contribution in [0.15, 0.2) is 12.2 Å². The Morgan fingerprint density at radius 3 is 2.76 bits per heavy atom. The lowest BCUT2D eigenvalue weighted by molar-refractivity contribution is -0.126. The van der Waals surface area contributed by atoms with Crippen molar-refractivity contribution in [2.45, 2.75) is 51.4 Å². The molecule has 2 fully saturated rings. The van der Waals surface area contributed by atoms with Crippen molar-refractivity contribution in [1.82, 2.24) is 10.2 Å². The molecule has 1 aliphatic heterocycles. The van der Waals surface area contributed by atoms with Gasteiger partial charge in [-0.2, -0.15) is 0 Å². The molecule has 2 aliphatic rings. The van der Waals surface area contributed by atoms with Crippen molar-refractivity contribution in [3.8, 4) is 0 Å². The smallest absolute Gasteiger partial charge is 0.0757 e. The van der Waals surface area contributed by atoms with Crippen molar-refractivity contribution in [3.05, 3.63) is 12.2 Å². The second kappa shape index (κ2) is 5.09. The highest BCUT2D eigenvalue weighted by Crippen LogP contribution is 2.22. The summed E-state index contributed by atoms with van der Waals surface area (Å²) < 4.78 is 5.91. The average Bonchev–Trinajstić information content (AvgIpc) is 2.94. The Balaban J connectivity index is 1.74. The van der Waals surface area contributed by atoms with Crippen molar-refractivity contribution >= 4 is 0 Å². The van der Waals surface area contributed by atoms with E-state index >= 15 is 0 Å². The van der Waals surface area contributed by atoms with Crippen LogP contribution in [0.1, 0.15) is 33.6 Å². The maximum atomic E-state index is 5.91. The fourth-order valence-corrected chi connectivity index (χ4v) is 2.65. The Bertz CT molecular complexity index is 284. The highest BCUT2D eigenvalue weighted by Gasteiger charge is 2.31. The fraction of sp³-hybridized carbons (Fsp3) is 0.857. The zero-order chi connectivity index (χ0) is 12.5. The summed E-state index contributed by atoms with van der Waals surface area (Å²) in [7, 11) is 0. The van der Waals surface area contributed by atoms with Gasteiger partial charge in [0.1, 0.15) is 0 Å². The molecule has 2 rings (SSSR count). The van der Waals surface area contributed by atoms with E-state index in [1.807, 2.05) is 0 Å². The number of morpholine rings is 1. The summed E-state index contributed by atoms with van der Waals surface area (Å²) in [5, 5.41) is 3.52. The molecule has 0 spiro atoms. The van der Waals surface area contributed by atoms with Gasteiger partial charge >= 0.3 is 0 Å². The summed E-state index contributed by atoms with van der Waals surface area (Å²) in [6, 6.07) is 0.770. The SMILES string of the molecule is C=C(CNC1CC1)CN1CC(C)OC(C)(C)C1. The van der Waals surface area contributed by atoms with Gasteiger partial charge in [0.25, 0.3) is 0 Å². The van der Waals surface area contributed by atoms with E-state index in [2.05, 4.69) is 37.6 Å². The van der Waals surface area contributed by atoms with Crippen LogP contribution in [0, 0.1) is 0 Å². The summed E-state index contributed by atoms with van der Waals surface area (Å²) in [6.07, 6.45) is 3.01. The minimum Gasteiger partial charge on any atom is -0.370 e. The quantitative estimate of drug-likeness (QED) is 0.739. The molecule has 1 aliphatic carbocycles. The molecule has 3 nitrogen and oxygen atoms in total. The van der Waals surface area contributed by atoms with Crippen molar-refractivity contribution < 1.29 is 4.74 Å². The van der Waals surface area contributed by atoms with Gasteiger partial charge in [-0.25, -0.2) is 0 Å². The molecule has 3 heteroatoms. The van der Waals surface area contributed by atoms with Crippen LogP contribution in [0.3, 0.4) is 0 Å². The van der Waals surface area contributed by atoms with Crippen molar-refractivity contribution in [3.63, 3.8) is 0 Å². The van der Waals surface area contributed by atoms with Gasteiger partial charge in [-0.05, 0) is 39.2 Å². The first kappa shape index (κ1) is 13.1. The molecule has 0 amide bonds. The highest BCUT2D eigenvalue weighted by atomic mass is 16.5. The highest BCUT2D eigenvalue weighted by molar-refractivity contribution is 5.03. The molecule has 1 saturated carbocycles. The normalized spacial score (nSPS) is 29.2. The van der Waals surface area contributed by atoms with E-state index in [-0.39, 0.29) is 5.60 Å². The van der Waals surface area contributed by atoms with Gasteiger partial charge in [-0.1, -0.05) is 6.58 Å². The predicted molar refractivity (Wildman–Crippen MR) is 71.2 cm³/mol. The second-order valence-corrected chi connectivity index (χ2v) is 6.26.